The molecular weight excluding hydrogens is 176 g/mol. The van der Waals surface area contributed by atoms with Crippen LogP contribution in [0.25, 0.3) is 0 Å². The number of aromatic hydroxyl groups is 1. The van der Waals surface area contributed by atoms with Crippen LogP contribution in [0.15, 0.2) is 36.5 Å². The summed E-state index contributed by atoms with van der Waals surface area (Å²) >= 11 is 0. The van der Waals surface area contributed by atoms with E-state index < -0.39 is 0 Å². The van der Waals surface area contributed by atoms with Crippen LogP contribution in [0.3, 0.4) is 0 Å². The molecule has 0 radical (unpaired) electrons. The fraction of sp³-hybridized carbons (Fsp3) is 0.182. The number of aromatic amines is 1. The highest BCUT2D eigenvalue weighted by atomic mass is 16.3. The van der Waals surface area contributed by atoms with Crippen molar-refractivity contribution < 1.29 is 5.11 Å². The molecule has 0 amide bonds. The molecule has 2 aromatic rings. The number of hydrogen-bond acceptors (Lipinski definition) is 2. The average Bonchev–Trinajstić information content (AvgIpc) is 2.65. The van der Waals surface area contributed by atoms with Gasteiger partial charge in [-0.3, -0.25) is 5.10 Å². The third-order valence-electron chi connectivity index (χ3n) is 2.38. The lowest BCUT2D eigenvalue weighted by Crippen LogP contribution is -1.96. The summed E-state index contributed by atoms with van der Waals surface area (Å²) in [6, 6.07) is 10.0. The van der Waals surface area contributed by atoms with Gasteiger partial charge in [0.15, 0.2) is 5.75 Å². The third-order valence-corrected chi connectivity index (χ3v) is 2.38. The molecule has 0 aliphatic heterocycles. The molecule has 0 saturated heterocycles. The van der Waals surface area contributed by atoms with Gasteiger partial charge in [-0.2, -0.15) is 5.10 Å². The predicted octanol–water partition coefficient (Wildman–Crippen LogP) is 2.27. The van der Waals surface area contributed by atoms with Crippen molar-refractivity contribution in [1.29, 1.82) is 0 Å². The number of nitrogens with zero attached hydrogens (tertiary/aromatic N) is 1. The Labute approximate surface area is 82.4 Å². The predicted molar refractivity (Wildman–Crippen MR) is 54.2 cm³/mol. The summed E-state index contributed by atoms with van der Waals surface area (Å²) in [7, 11) is 0. The quantitative estimate of drug-likeness (QED) is 0.759. The van der Waals surface area contributed by atoms with Crippen LogP contribution in [-0.4, -0.2) is 15.3 Å². The molecule has 1 heterocycles. The fourth-order valence-corrected chi connectivity index (χ4v) is 1.52. The maximum Gasteiger partial charge on any atom is 0.157 e. The van der Waals surface area contributed by atoms with Crippen LogP contribution >= 0.6 is 0 Å². The summed E-state index contributed by atoms with van der Waals surface area (Å²) in [5, 5.41) is 16.1. The van der Waals surface area contributed by atoms with Gasteiger partial charge >= 0.3 is 0 Å². The van der Waals surface area contributed by atoms with E-state index in [1.54, 1.807) is 0 Å². The van der Waals surface area contributed by atoms with E-state index in [1.165, 1.54) is 6.20 Å². The topological polar surface area (TPSA) is 48.9 Å². The standard InChI is InChI=1S/C11H12N2O/c1-8(9-5-3-2-4-6-9)11-10(14)7-12-13-11/h2-8,14H,1H3,(H,12,13). The minimum Gasteiger partial charge on any atom is -0.504 e. The summed E-state index contributed by atoms with van der Waals surface area (Å²) < 4.78 is 0. The minimum atomic E-state index is 0.138. The molecule has 0 spiro atoms. The Balaban J connectivity index is 2.34. The molecule has 3 nitrogen and oxygen atoms in total. The summed E-state index contributed by atoms with van der Waals surface area (Å²) in [4.78, 5) is 0. The fourth-order valence-electron chi connectivity index (χ4n) is 1.52. The number of benzene rings is 1. The number of nitrogens with one attached hydrogen (secondary N) is 1. The summed E-state index contributed by atoms with van der Waals surface area (Å²) in [6.45, 7) is 2.03. The molecule has 0 bridgehead atoms. The first-order valence-corrected chi connectivity index (χ1v) is 4.56. The largest absolute Gasteiger partial charge is 0.504 e. The van der Waals surface area contributed by atoms with Crippen LogP contribution in [0, 0.1) is 0 Å². The van der Waals surface area contributed by atoms with Crippen LogP contribution in [0.5, 0.6) is 5.75 Å². The van der Waals surface area contributed by atoms with Crippen LogP contribution in [0.1, 0.15) is 24.1 Å². The Kier molecular flexibility index (Phi) is 2.23. The first-order chi connectivity index (χ1) is 6.79. The van der Waals surface area contributed by atoms with Gasteiger partial charge in [-0.1, -0.05) is 37.3 Å². The molecule has 72 valence electrons. The van der Waals surface area contributed by atoms with E-state index in [0.29, 0.717) is 0 Å². The SMILES string of the molecule is CC(c1ccccc1)c1[nH]ncc1O. The molecule has 1 atom stereocenters. The van der Waals surface area contributed by atoms with Gasteiger partial charge in [0.1, 0.15) is 0 Å². The summed E-state index contributed by atoms with van der Waals surface area (Å²) in [5.74, 6) is 0.361. The van der Waals surface area contributed by atoms with Gasteiger partial charge in [0.2, 0.25) is 0 Å². The Morgan fingerprint density at radius 3 is 2.57 bits per heavy atom. The van der Waals surface area contributed by atoms with Gasteiger partial charge in [0.25, 0.3) is 0 Å². The zero-order chi connectivity index (χ0) is 9.97. The highest BCUT2D eigenvalue weighted by molar-refractivity contribution is 5.34. The molecule has 0 saturated carbocycles. The first kappa shape index (κ1) is 8.81. The molecular formula is C11H12N2O. The zero-order valence-corrected chi connectivity index (χ0v) is 7.94. The van der Waals surface area contributed by atoms with Crippen molar-refractivity contribution in [3.05, 3.63) is 47.8 Å². The number of rotatable bonds is 2. The maximum atomic E-state index is 9.49. The average molecular weight is 188 g/mol. The van der Waals surface area contributed by atoms with E-state index in [2.05, 4.69) is 10.2 Å². The lowest BCUT2D eigenvalue weighted by atomic mass is 9.98. The van der Waals surface area contributed by atoms with Gasteiger partial charge in [0, 0.05) is 5.92 Å². The van der Waals surface area contributed by atoms with E-state index in [4.69, 9.17) is 0 Å². The van der Waals surface area contributed by atoms with Gasteiger partial charge in [0.05, 0.1) is 11.9 Å². The van der Waals surface area contributed by atoms with Crippen molar-refractivity contribution in [2.24, 2.45) is 0 Å². The lowest BCUT2D eigenvalue weighted by Gasteiger charge is -2.09. The second-order valence-corrected chi connectivity index (χ2v) is 3.30. The van der Waals surface area contributed by atoms with Crippen molar-refractivity contribution in [3.63, 3.8) is 0 Å². The van der Waals surface area contributed by atoms with Crippen molar-refractivity contribution in [2.45, 2.75) is 12.8 Å². The van der Waals surface area contributed by atoms with Gasteiger partial charge < -0.3 is 5.11 Å². The Morgan fingerprint density at radius 1 is 1.29 bits per heavy atom. The molecule has 2 rings (SSSR count). The molecule has 0 aliphatic rings. The van der Waals surface area contributed by atoms with Crippen LogP contribution in [0.4, 0.5) is 0 Å². The highest BCUT2D eigenvalue weighted by Crippen LogP contribution is 2.27. The van der Waals surface area contributed by atoms with E-state index >= 15 is 0 Å². The molecule has 1 unspecified atom stereocenters. The third kappa shape index (κ3) is 1.48. The second-order valence-electron chi connectivity index (χ2n) is 3.30. The molecule has 1 aromatic carbocycles. The second kappa shape index (κ2) is 3.54. The van der Waals surface area contributed by atoms with Crippen molar-refractivity contribution in [1.82, 2.24) is 10.2 Å². The van der Waals surface area contributed by atoms with E-state index in [1.807, 2.05) is 37.3 Å². The van der Waals surface area contributed by atoms with Crippen LogP contribution in [0.2, 0.25) is 0 Å². The molecule has 0 aliphatic carbocycles. The molecule has 14 heavy (non-hydrogen) atoms. The lowest BCUT2D eigenvalue weighted by molar-refractivity contribution is 0.466. The number of aromatic nitrogens is 2. The smallest absolute Gasteiger partial charge is 0.157 e. The van der Waals surface area contributed by atoms with Crippen LogP contribution < -0.4 is 0 Å². The van der Waals surface area contributed by atoms with Crippen molar-refractivity contribution in [3.8, 4) is 5.75 Å². The number of hydrogen-bond donors (Lipinski definition) is 2. The Hall–Kier alpha value is -1.77. The zero-order valence-electron chi connectivity index (χ0n) is 7.94. The van der Waals surface area contributed by atoms with E-state index in [-0.39, 0.29) is 11.7 Å². The summed E-state index contributed by atoms with van der Waals surface area (Å²) in [5.41, 5.74) is 1.92. The maximum absolute atomic E-state index is 9.49. The van der Waals surface area contributed by atoms with Gasteiger partial charge in [-0.15, -0.1) is 0 Å². The molecule has 1 aromatic heterocycles. The Bertz CT molecular complexity index is 408. The Morgan fingerprint density at radius 2 is 2.00 bits per heavy atom. The first-order valence-electron chi connectivity index (χ1n) is 4.56. The highest BCUT2D eigenvalue weighted by Gasteiger charge is 2.13. The van der Waals surface area contributed by atoms with E-state index in [9.17, 15) is 5.11 Å². The van der Waals surface area contributed by atoms with Crippen molar-refractivity contribution in [2.75, 3.05) is 0 Å². The van der Waals surface area contributed by atoms with Crippen molar-refractivity contribution >= 4 is 0 Å². The monoisotopic (exact) mass is 188 g/mol. The van der Waals surface area contributed by atoms with Gasteiger partial charge in [-0.05, 0) is 5.56 Å². The van der Waals surface area contributed by atoms with E-state index in [0.717, 1.165) is 11.3 Å². The van der Waals surface area contributed by atoms with Crippen LogP contribution in [-0.2, 0) is 0 Å². The van der Waals surface area contributed by atoms with Gasteiger partial charge in [-0.25, -0.2) is 0 Å². The summed E-state index contributed by atoms with van der Waals surface area (Å²) in [6.07, 6.45) is 1.43. The molecule has 2 N–H and O–H groups in total. The molecule has 0 fully saturated rings. The molecule has 3 heteroatoms. The number of H-pyrrole nitrogens is 1. The minimum absolute atomic E-state index is 0.138. The normalized spacial score (nSPS) is 12.6.